The van der Waals surface area contributed by atoms with Crippen molar-refractivity contribution in [3.05, 3.63) is 187 Å². The molecule has 0 aromatic heterocycles. The molecule has 0 amide bonds. The van der Waals surface area contributed by atoms with Gasteiger partial charge in [0, 0.05) is 59.9 Å². The number of hydrogen-bond donors (Lipinski definition) is 0. The van der Waals surface area contributed by atoms with E-state index in [1.807, 2.05) is 72.8 Å². The number of rotatable bonds is 12. The van der Waals surface area contributed by atoms with Crippen molar-refractivity contribution in [2.24, 2.45) is 0 Å². The van der Waals surface area contributed by atoms with Crippen LogP contribution in [0.5, 0.6) is 34.5 Å². The molecule has 5 aliphatic rings. The number of carbonyl (C=O) groups excluding carboxylic acids is 2. The van der Waals surface area contributed by atoms with Gasteiger partial charge in [-0.2, -0.15) is 0 Å². The first-order chi connectivity index (χ1) is 43.6. The molecule has 0 radical (unpaired) electrons. The molecule has 6 aromatic rings. The fourth-order valence-electron chi connectivity index (χ4n) is 12.1. The minimum atomic E-state index is -1.03. The average Bonchev–Trinajstić information content (AvgIpc) is 1.54. The monoisotopic (exact) mass is 1230 g/mol. The van der Waals surface area contributed by atoms with Gasteiger partial charge in [0.1, 0.15) is 51.1 Å². The van der Waals surface area contributed by atoms with Gasteiger partial charge in [0.2, 0.25) is 11.4 Å². The predicted molar refractivity (Wildman–Crippen MR) is 332 cm³/mol. The summed E-state index contributed by atoms with van der Waals surface area (Å²) in [5.74, 6) is 1.99. The van der Waals surface area contributed by atoms with Crippen LogP contribution in [0.4, 0.5) is 22.7 Å². The standard InChI is InChI=1S/C68H72N4O18/c1-65(2)53-9-5-7-11-55(53)69(67(65)25-21-49-43-51(71(75)76)15-19-57(49)89-67)27-23-63(73)87-45-47-13-17-59-61(41-47)85-39-35-81-31-32-82-36-40-86-62-42-48(14-18-60(62)84-38-34-80-30-29-79-33-37-83-59)46-88-64(74)24-28-70-56-12-8-6-10-54(56)66(3,4)68(70)26-22-50-44-52(72(77)78)16-20-58(50)90-68/h5-22,25-26,41-44H,23-24,27-40,45-46H2,1-4H3. The lowest BCUT2D eigenvalue weighted by atomic mass is 9.76. The first-order valence-electron chi connectivity index (χ1n) is 30.0. The Kier molecular flexibility index (Phi) is 18.9. The van der Waals surface area contributed by atoms with Crippen LogP contribution >= 0.6 is 0 Å². The second-order valence-corrected chi connectivity index (χ2v) is 23.0. The first kappa shape index (κ1) is 62.4. The molecule has 0 bridgehead atoms. The number of fused-ring (bicyclic) bond motifs is 6. The number of anilines is 2. The van der Waals surface area contributed by atoms with E-state index in [0.29, 0.717) is 70.0 Å². The Hall–Kier alpha value is -9.22. The summed E-state index contributed by atoms with van der Waals surface area (Å²) in [6.07, 6.45) is 7.62. The van der Waals surface area contributed by atoms with E-state index in [1.165, 1.54) is 24.3 Å². The maximum absolute atomic E-state index is 13.6. The van der Waals surface area contributed by atoms with Gasteiger partial charge in [-0.25, -0.2) is 0 Å². The van der Waals surface area contributed by atoms with Gasteiger partial charge < -0.3 is 66.6 Å². The van der Waals surface area contributed by atoms with Crippen molar-refractivity contribution in [3.63, 3.8) is 0 Å². The zero-order valence-corrected chi connectivity index (χ0v) is 50.7. The summed E-state index contributed by atoms with van der Waals surface area (Å²) in [4.78, 5) is 53.5. The Morgan fingerprint density at radius 1 is 0.456 bits per heavy atom. The molecule has 11 rings (SSSR count). The summed E-state index contributed by atoms with van der Waals surface area (Å²) in [6.45, 7) is 11.8. The third-order valence-electron chi connectivity index (χ3n) is 16.8. The van der Waals surface area contributed by atoms with Gasteiger partial charge in [0.15, 0.2) is 23.0 Å². The normalized spacial score (nSPS) is 20.3. The minimum Gasteiger partial charge on any atom is -0.487 e. The molecule has 2 atom stereocenters. The van der Waals surface area contributed by atoms with Crippen LogP contribution in [0.15, 0.2) is 133 Å². The van der Waals surface area contributed by atoms with E-state index in [2.05, 4.69) is 49.6 Å². The number of benzene rings is 6. The predicted octanol–water partition coefficient (Wildman–Crippen LogP) is 10.9. The molecule has 5 aliphatic heterocycles. The first-order valence-corrected chi connectivity index (χ1v) is 30.0. The highest BCUT2D eigenvalue weighted by molar-refractivity contribution is 5.77. The molecule has 0 fully saturated rings. The molecule has 6 aromatic carbocycles. The van der Waals surface area contributed by atoms with E-state index in [-0.39, 0.29) is 117 Å². The van der Waals surface area contributed by atoms with E-state index in [4.69, 9.17) is 56.8 Å². The summed E-state index contributed by atoms with van der Waals surface area (Å²) >= 11 is 0. The van der Waals surface area contributed by atoms with Crippen molar-refractivity contribution >= 4 is 46.8 Å². The second kappa shape index (κ2) is 27.3. The molecule has 22 nitrogen and oxygen atoms in total. The maximum Gasteiger partial charge on any atom is 0.307 e. The summed E-state index contributed by atoms with van der Waals surface area (Å²) < 4.78 is 73.2. The third kappa shape index (κ3) is 13.1. The fraction of sp³-hybridized carbons (Fsp3) is 0.382. The quantitative estimate of drug-likeness (QED) is 0.0629. The van der Waals surface area contributed by atoms with E-state index in [9.17, 15) is 29.8 Å². The molecule has 0 aliphatic carbocycles. The molecule has 472 valence electrons. The van der Waals surface area contributed by atoms with Crippen LogP contribution in [0.3, 0.4) is 0 Å². The van der Waals surface area contributed by atoms with Gasteiger partial charge in [-0.05, 0) is 123 Å². The van der Waals surface area contributed by atoms with Crippen molar-refractivity contribution in [2.75, 3.05) is 102 Å². The van der Waals surface area contributed by atoms with Crippen LogP contribution in [-0.2, 0) is 62.1 Å². The largest absolute Gasteiger partial charge is 0.487 e. The summed E-state index contributed by atoms with van der Waals surface area (Å²) in [5, 5.41) is 23.1. The van der Waals surface area contributed by atoms with E-state index in [0.717, 1.165) is 22.5 Å². The number of hydrogen-bond acceptors (Lipinski definition) is 20. The Morgan fingerprint density at radius 3 is 1.20 bits per heavy atom. The Labute approximate surface area is 520 Å². The molecule has 0 saturated heterocycles. The van der Waals surface area contributed by atoms with Gasteiger partial charge in [-0.3, -0.25) is 29.8 Å². The number of ether oxygens (including phenoxy) is 12. The van der Waals surface area contributed by atoms with Gasteiger partial charge in [-0.1, -0.05) is 48.5 Å². The van der Waals surface area contributed by atoms with Crippen LogP contribution in [0, 0.1) is 20.2 Å². The Bertz CT molecular complexity index is 3440. The summed E-state index contributed by atoms with van der Waals surface area (Å²) in [7, 11) is 0. The molecule has 2 spiro atoms. The molecule has 5 heterocycles. The summed E-state index contributed by atoms with van der Waals surface area (Å²) in [5.41, 5.74) is 3.16. The van der Waals surface area contributed by atoms with Gasteiger partial charge in [0.05, 0.1) is 86.4 Å². The zero-order chi connectivity index (χ0) is 62.9. The number of carbonyl (C=O) groups is 2. The molecule has 22 heteroatoms. The average molecular weight is 1230 g/mol. The zero-order valence-electron chi connectivity index (χ0n) is 50.7. The topological polar surface area (TPSA) is 238 Å². The Morgan fingerprint density at radius 2 is 0.811 bits per heavy atom. The van der Waals surface area contributed by atoms with Crippen LogP contribution in [0.25, 0.3) is 12.2 Å². The van der Waals surface area contributed by atoms with Gasteiger partial charge in [0.25, 0.3) is 11.4 Å². The highest BCUT2D eigenvalue weighted by Gasteiger charge is 2.60. The van der Waals surface area contributed by atoms with Crippen molar-refractivity contribution in [3.8, 4) is 34.5 Å². The number of para-hydroxylation sites is 2. The number of nitro groups is 2. The molecular weight excluding hydrogens is 1160 g/mol. The lowest BCUT2D eigenvalue weighted by Gasteiger charge is -2.47. The molecule has 0 saturated carbocycles. The second-order valence-electron chi connectivity index (χ2n) is 23.0. The molecule has 2 unspecified atom stereocenters. The lowest BCUT2D eigenvalue weighted by molar-refractivity contribution is -0.385. The van der Waals surface area contributed by atoms with E-state index < -0.39 is 44.1 Å². The smallest absolute Gasteiger partial charge is 0.307 e. The fourth-order valence-corrected chi connectivity index (χ4v) is 12.1. The number of nitro benzene ring substituents is 2. The number of non-ortho nitro benzene ring substituents is 2. The van der Waals surface area contributed by atoms with Crippen LogP contribution in [-0.4, -0.2) is 126 Å². The number of esters is 2. The summed E-state index contributed by atoms with van der Waals surface area (Å²) in [6, 6.07) is 35.7. The van der Waals surface area contributed by atoms with Crippen molar-refractivity contribution in [2.45, 2.75) is 76.0 Å². The van der Waals surface area contributed by atoms with Crippen molar-refractivity contribution in [1.29, 1.82) is 0 Å². The van der Waals surface area contributed by atoms with Gasteiger partial charge >= 0.3 is 11.9 Å². The van der Waals surface area contributed by atoms with Crippen LogP contribution in [0.1, 0.15) is 73.9 Å². The molecular formula is C68H72N4O18. The lowest BCUT2D eigenvalue weighted by Crippen LogP contribution is -2.59. The van der Waals surface area contributed by atoms with E-state index >= 15 is 0 Å². The van der Waals surface area contributed by atoms with Crippen molar-refractivity contribution < 1.29 is 76.3 Å². The molecule has 90 heavy (non-hydrogen) atoms. The minimum absolute atomic E-state index is 0.0254. The van der Waals surface area contributed by atoms with E-state index in [1.54, 1.807) is 36.4 Å². The van der Waals surface area contributed by atoms with Crippen molar-refractivity contribution in [1.82, 2.24) is 0 Å². The number of nitrogens with zero attached hydrogens (tertiary/aromatic N) is 4. The highest BCUT2D eigenvalue weighted by atomic mass is 16.6. The van der Waals surface area contributed by atoms with Crippen LogP contribution < -0.4 is 38.2 Å². The third-order valence-corrected chi connectivity index (χ3v) is 16.8. The highest BCUT2D eigenvalue weighted by Crippen LogP contribution is 2.57. The van der Waals surface area contributed by atoms with Crippen LogP contribution in [0.2, 0.25) is 0 Å². The molecule has 0 N–H and O–H groups in total. The maximum atomic E-state index is 13.6. The SMILES string of the molecule is CC1(C)c2ccccc2N(CCC(=O)OCc2ccc3c(c2)OCCOCCOCCOc2cc(COC(=O)CCN4c5ccccc5C(C)(C)C45C=Cc4cc([N+](=O)[O-])ccc4O5)ccc2OCCOCCOCCO3)C12C=Cc1cc([N+](=O)[O-])ccc1O2. The van der Waals surface area contributed by atoms with Gasteiger partial charge in [-0.15, -0.1) is 0 Å². The Balaban J connectivity index is 0.653.